The highest BCUT2D eigenvalue weighted by Crippen LogP contribution is 2.29. The van der Waals surface area contributed by atoms with E-state index < -0.39 is 12.0 Å². The molecule has 3 N–H and O–H groups in total. The van der Waals surface area contributed by atoms with E-state index in [1.807, 2.05) is 12.1 Å². The van der Waals surface area contributed by atoms with Crippen LogP contribution >= 0.6 is 11.6 Å². The minimum Gasteiger partial charge on any atom is -0.479 e. The second-order valence-corrected chi connectivity index (χ2v) is 4.47. The molecule has 0 heterocycles. The first-order chi connectivity index (χ1) is 8.56. The maximum absolute atomic E-state index is 11.0. The zero-order valence-electron chi connectivity index (χ0n) is 10.7. The highest BCUT2D eigenvalue weighted by Gasteiger charge is 2.15. The molecule has 0 aliphatic rings. The van der Waals surface area contributed by atoms with Crippen LogP contribution < -0.4 is 15.8 Å². The molecular weight excluding hydrogens is 252 g/mol. The second kappa shape index (κ2) is 7.24. The lowest BCUT2D eigenvalue weighted by atomic mass is 10.2. The van der Waals surface area contributed by atoms with E-state index in [-0.39, 0.29) is 0 Å². The van der Waals surface area contributed by atoms with E-state index in [2.05, 4.69) is 12.2 Å². The minimum atomic E-state index is -0.699. The Balaban J connectivity index is 2.83. The topological polar surface area (TPSA) is 64.3 Å². The van der Waals surface area contributed by atoms with Crippen LogP contribution in [0.1, 0.15) is 25.8 Å². The summed E-state index contributed by atoms with van der Waals surface area (Å²) in [6.07, 6.45) is 0.351. The molecule has 0 saturated carbocycles. The van der Waals surface area contributed by atoms with Gasteiger partial charge in [-0.2, -0.15) is 0 Å². The molecule has 1 atom stereocenters. The summed E-state index contributed by atoms with van der Waals surface area (Å²) in [6, 6.07) is 5.50. The van der Waals surface area contributed by atoms with Gasteiger partial charge in [-0.15, -0.1) is 0 Å². The number of nitrogens with one attached hydrogen (secondary N) is 1. The number of benzene rings is 1. The van der Waals surface area contributed by atoms with Crippen molar-refractivity contribution in [3.8, 4) is 5.75 Å². The van der Waals surface area contributed by atoms with Crippen LogP contribution in [-0.4, -0.2) is 18.6 Å². The van der Waals surface area contributed by atoms with Crippen molar-refractivity contribution in [2.24, 2.45) is 5.73 Å². The average Bonchev–Trinajstić information content (AvgIpc) is 2.33. The van der Waals surface area contributed by atoms with Gasteiger partial charge in [-0.05, 0) is 26.0 Å². The van der Waals surface area contributed by atoms with Gasteiger partial charge in [-0.3, -0.25) is 4.79 Å². The van der Waals surface area contributed by atoms with Crippen LogP contribution in [0.15, 0.2) is 18.2 Å². The molecule has 1 aromatic carbocycles. The number of carbonyl (C=O) groups excluding carboxylic acids is 1. The van der Waals surface area contributed by atoms with E-state index in [1.54, 1.807) is 13.0 Å². The van der Waals surface area contributed by atoms with Gasteiger partial charge < -0.3 is 15.8 Å². The van der Waals surface area contributed by atoms with E-state index in [0.717, 1.165) is 18.5 Å². The molecule has 0 spiro atoms. The first-order valence-corrected chi connectivity index (χ1v) is 6.38. The number of rotatable bonds is 7. The molecular formula is C13H19ClN2O2. The van der Waals surface area contributed by atoms with Crippen molar-refractivity contribution in [3.05, 3.63) is 28.8 Å². The van der Waals surface area contributed by atoms with Gasteiger partial charge >= 0.3 is 0 Å². The van der Waals surface area contributed by atoms with Gasteiger partial charge in [0, 0.05) is 12.1 Å². The fourth-order valence-corrected chi connectivity index (χ4v) is 1.70. The molecule has 0 saturated heterocycles. The Morgan fingerprint density at radius 2 is 2.28 bits per heavy atom. The third kappa shape index (κ3) is 4.20. The number of carbonyl (C=O) groups is 1. The lowest BCUT2D eigenvalue weighted by Crippen LogP contribution is -2.31. The van der Waals surface area contributed by atoms with Crippen LogP contribution in [0.5, 0.6) is 5.75 Å². The summed E-state index contributed by atoms with van der Waals surface area (Å²) in [5.74, 6) is 0.0106. The largest absolute Gasteiger partial charge is 0.479 e. The number of hydrogen-bond acceptors (Lipinski definition) is 3. The highest BCUT2D eigenvalue weighted by molar-refractivity contribution is 6.32. The van der Waals surface area contributed by atoms with Crippen molar-refractivity contribution >= 4 is 17.5 Å². The summed E-state index contributed by atoms with van der Waals surface area (Å²) >= 11 is 6.09. The fourth-order valence-electron chi connectivity index (χ4n) is 1.46. The van der Waals surface area contributed by atoms with Gasteiger partial charge in [0.05, 0.1) is 5.02 Å². The zero-order chi connectivity index (χ0) is 13.5. The van der Waals surface area contributed by atoms with E-state index in [4.69, 9.17) is 22.1 Å². The standard InChI is InChI=1S/C13H19ClN2O2/c1-3-7-16-8-10-5-4-6-11(14)12(10)18-9(2)13(15)17/h4-6,9,16H,3,7-8H2,1-2H3,(H2,15,17). The Hall–Kier alpha value is -1.26. The number of nitrogens with two attached hydrogens (primary N) is 1. The summed E-state index contributed by atoms with van der Waals surface area (Å²) in [5, 5.41) is 3.75. The SMILES string of the molecule is CCCNCc1cccc(Cl)c1OC(C)C(N)=O. The third-order valence-corrected chi connectivity index (χ3v) is 2.78. The number of halogens is 1. The van der Waals surface area contributed by atoms with Gasteiger partial charge in [-0.25, -0.2) is 0 Å². The molecule has 100 valence electrons. The van der Waals surface area contributed by atoms with Gasteiger partial charge in [0.25, 0.3) is 5.91 Å². The Labute approximate surface area is 112 Å². The van der Waals surface area contributed by atoms with Crippen LogP contribution in [0, 0.1) is 0 Å². The van der Waals surface area contributed by atoms with Crippen LogP contribution in [0.3, 0.4) is 0 Å². The highest BCUT2D eigenvalue weighted by atomic mass is 35.5. The lowest BCUT2D eigenvalue weighted by molar-refractivity contribution is -0.123. The van der Waals surface area contributed by atoms with Crippen molar-refractivity contribution in [1.82, 2.24) is 5.32 Å². The van der Waals surface area contributed by atoms with Crippen molar-refractivity contribution < 1.29 is 9.53 Å². The molecule has 1 aromatic rings. The van der Waals surface area contributed by atoms with Crippen LogP contribution in [-0.2, 0) is 11.3 Å². The molecule has 1 rings (SSSR count). The van der Waals surface area contributed by atoms with Crippen molar-refractivity contribution in [2.45, 2.75) is 32.9 Å². The Morgan fingerprint density at radius 1 is 1.56 bits per heavy atom. The first-order valence-electron chi connectivity index (χ1n) is 6.00. The smallest absolute Gasteiger partial charge is 0.258 e. The molecule has 0 fully saturated rings. The van der Waals surface area contributed by atoms with Crippen molar-refractivity contribution in [1.29, 1.82) is 0 Å². The molecule has 5 heteroatoms. The summed E-state index contributed by atoms with van der Waals surface area (Å²) in [5.41, 5.74) is 6.10. The first kappa shape index (κ1) is 14.8. The number of para-hydroxylation sites is 1. The number of ether oxygens (including phenoxy) is 1. The predicted molar refractivity (Wildman–Crippen MR) is 72.7 cm³/mol. The van der Waals surface area contributed by atoms with E-state index >= 15 is 0 Å². The maximum Gasteiger partial charge on any atom is 0.258 e. The van der Waals surface area contributed by atoms with E-state index in [9.17, 15) is 4.79 Å². The molecule has 4 nitrogen and oxygen atoms in total. The monoisotopic (exact) mass is 270 g/mol. The molecule has 18 heavy (non-hydrogen) atoms. The Bertz CT molecular complexity index is 410. The quantitative estimate of drug-likeness (QED) is 0.746. The predicted octanol–water partition coefficient (Wildman–Crippen LogP) is 2.09. The normalized spacial score (nSPS) is 12.2. The zero-order valence-corrected chi connectivity index (χ0v) is 11.5. The van der Waals surface area contributed by atoms with Crippen LogP contribution in [0.2, 0.25) is 5.02 Å². The van der Waals surface area contributed by atoms with Gasteiger partial charge in [0.15, 0.2) is 6.10 Å². The Kier molecular flexibility index (Phi) is 5.95. The van der Waals surface area contributed by atoms with Gasteiger partial charge in [0.1, 0.15) is 5.75 Å². The van der Waals surface area contributed by atoms with Crippen LogP contribution in [0.25, 0.3) is 0 Å². The maximum atomic E-state index is 11.0. The average molecular weight is 271 g/mol. The molecule has 0 aromatic heterocycles. The fraction of sp³-hybridized carbons (Fsp3) is 0.462. The number of primary amides is 1. The lowest BCUT2D eigenvalue weighted by Gasteiger charge is -2.16. The summed E-state index contributed by atoms with van der Waals surface area (Å²) < 4.78 is 5.52. The number of hydrogen-bond donors (Lipinski definition) is 2. The van der Waals surface area contributed by atoms with Gasteiger partial charge in [-0.1, -0.05) is 30.7 Å². The van der Waals surface area contributed by atoms with Crippen molar-refractivity contribution in [2.75, 3.05) is 6.54 Å². The molecule has 1 unspecified atom stereocenters. The second-order valence-electron chi connectivity index (χ2n) is 4.07. The van der Waals surface area contributed by atoms with Gasteiger partial charge in [0.2, 0.25) is 0 Å². The number of amides is 1. The molecule has 1 amide bonds. The van der Waals surface area contributed by atoms with E-state index in [1.165, 1.54) is 0 Å². The Morgan fingerprint density at radius 3 is 2.89 bits per heavy atom. The molecule has 0 aliphatic carbocycles. The van der Waals surface area contributed by atoms with Crippen LogP contribution in [0.4, 0.5) is 0 Å². The summed E-state index contributed by atoms with van der Waals surface area (Å²) in [6.45, 7) is 5.26. The molecule has 0 aliphatic heterocycles. The third-order valence-electron chi connectivity index (χ3n) is 2.49. The minimum absolute atomic E-state index is 0.485. The molecule has 0 bridgehead atoms. The van der Waals surface area contributed by atoms with E-state index in [0.29, 0.717) is 17.3 Å². The van der Waals surface area contributed by atoms with Crippen molar-refractivity contribution in [3.63, 3.8) is 0 Å². The summed E-state index contributed by atoms with van der Waals surface area (Å²) in [7, 11) is 0. The summed E-state index contributed by atoms with van der Waals surface area (Å²) in [4.78, 5) is 11.0. The molecule has 0 radical (unpaired) electrons.